The van der Waals surface area contributed by atoms with Crippen molar-refractivity contribution in [3.05, 3.63) is 0 Å². The van der Waals surface area contributed by atoms with Crippen molar-refractivity contribution in [2.24, 2.45) is 17.8 Å². The monoisotopic (exact) mass is 242 g/mol. The minimum absolute atomic E-state index is 0.833. The number of aliphatic carboxylic acids is 1. The van der Waals surface area contributed by atoms with Crippen LogP contribution >= 0.6 is 0 Å². The Morgan fingerprint density at radius 2 is 1.47 bits per heavy atom. The van der Waals surface area contributed by atoms with Crippen LogP contribution in [0.15, 0.2) is 0 Å². The van der Waals surface area contributed by atoms with Gasteiger partial charge in [0.2, 0.25) is 0 Å². The van der Waals surface area contributed by atoms with Crippen LogP contribution in [0.2, 0.25) is 0 Å². The quantitative estimate of drug-likeness (QED) is 0.666. The van der Waals surface area contributed by atoms with E-state index >= 15 is 0 Å². The van der Waals surface area contributed by atoms with Crippen molar-refractivity contribution >= 4 is 5.97 Å². The normalized spacial score (nSPS) is 30.9. The average Bonchev–Trinajstić information content (AvgIpc) is 2.31. The molecule has 2 saturated carbocycles. The Bertz CT molecular complexity index is 197. The molecule has 2 aliphatic rings. The van der Waals surface area contributed by atoms with Gasteiger partial charge in [-0.25, -0.2) is 0 Å². The van der Waals surface area contributed by atoms with Crippen LogP contribution in [0.5, 0.6) is 0 Å². The van der Waals surface area contributed by atoms with E-state index in [0.717, 1.165) is 24.7 Å². The van der Waals surface area contributed by atoms with Gasteiger partial charge in [0.15, 0.2) is 0 Å². The van der Waals surface area contributed by atoms with Crippen LogP contribution in [0.1, 0.15) is 72.6 Å². The second-order valence-electron chi connectivity index (χ2n) is 5.24. The molecule has 102 valence electrons. The molecular formula is C15H30O2. The van der Waals surface area contributed by atoms with Crippen LogP contribution in [-0.2, 0) is 4.79 Å². The highest BCUT2D eigenvalue weighted by Gasteiger charge is 2.29. The topological polar surface area (TPSA) is 37.3 Å². The lowest BCUT2D eigenvalue weighted by molar-refractivity contribution is -0.134. The summed E-state index contributed by atoms with van der Waals surface area (Å²) in [5, 5.41) is 7.42. The summed E-state index contributed by atoms with van der Waals surface area (Å²) in [4.78, 5) is 9.00. The summed E-state index contributed by atoms with van der Waals surface area (Å²) in [6.07, 6.45) is 10.8. The zero-order valence-corrected chi connectivity index (χ0v) is 12.0. The van der Waals surface area contributed by atoms with Gasteiger partial charge in [0.1, 0.15) is 0 Å². The van der Waals surface area contributed by atoms with Gasteiger partial charge in [0.25, 0.3) is 5.97 Å². The van der Waals surface area contributed by atoms with E-state index < -0.39 is 5.97 Å². The SMILES string of the molecule is CC.CC(=O)O.CC1CCC2CCCCC2C1. The van der Waals surface area contributed by atoms with Crippen LogP contribution < -0.4 is 0 Å². The summed E-state index contributed by atoms with van der Waals surface area (Å²) in [6, 6.07) is 0. The van der Waals surface area contributed by atoms with Gasteiger partial charge >= 0.3 is 0 Å². The molecular weight excluding hydrogens is 212 g/mol. The fraction of sp³-hybridized carbons (Fsp3) is 0.933. The summed E-state index contributed by atoms with van der Waals surface area (Å²) in [5.74, 6) is 2.47. The van der Waals surface area contributed by atoms with Gasteiger partial charge in [-0.3, -0.25) is 4.79 Å². The average molecular weight is 242 g/mol. The van der Waals surface area contributed by atoms with E-state index in [1.54, 1.807) is 25.7 Å². The van der Waals surface area contributed by atoms with Crippen LogP contribution in [0, 0.1) is 17.8 Å². The molecule has 0 spiro atoms. The van der Waals surface area contributed by atoms with Gasteiger partial charge in [0.05, 0.1) is 0 Å². The molecule has 3 unspecified atom stereocenters. The molecule has 0 aliphatic heterocycles. The van der Waals surface area contributed by atoms with Crippen molar-refractivity contribution in [2.75, 3.05) is 0 Å². The molecule has 0 heterocycles. The smallest absolute Gasteiger partial charge is 0.300 e. The molecule has 2 aliphatic carbocycles. The molecule has 0 amide bonds. The Balaban J connectivity index is 0.000000368. The summed E-state index contributed by atoms with van der Waals surface area (Å²) < 4.78 is 0. The van der Waals surface area contributed by atoms with Crippen molar-refractivity contribution < 1.29 is 9.90 Å². The van der Waals surface area contributed by atoms with Gasteiger partial charge in [-0.05, 0) is 30.6 Å². The largest absolute Gasteiger partial charge is 0.481 e. The molecule has 2 rings (SSSR count). The van der Waals surface area contributed by atoms with Crippen LogP contribution in [0.25, 0.3) is 0 Å². The Hall–Kier alpha value is -0.530. The van der Waals surface area contributed by atoms with Crippen molar-refractivity contribution in [3.8, 4) is 0 Å². The van der Waals surface area contributed by atoms with Gasteiger partial charge in [-0.1, -0.05) is 52.9 Å². The van der Waals surface area contributed by atoms with Crippen LogP contribution in [-0.4, -0.2) is 11.1 Å². The van der Waals surface area contributed by atoms with Gasteiger partial charge < -0.3 is 5.11 Å². The molecule has 0 aromatic rings. The Morgan fingerprint density at radius 3 is 2.00 bits per heavy atom. The molecule has 2 nitrogen and oxygen atoms in total. The highest BCUT2D eigenvalue weighted by Crippen LogP contribution is 2.42. The van der Waals surface area contributed by atoms with Crippen molar-refractivity contribution in [3.63, 3.8) is 0 Å². The molecule has 0 aromatic heterocycles. The highest BCUT2D eigenvalue weighted by molar-refractivity contribution is 5.62. The summed E-state index contributed by atoms with van der Waals surface area (Å²) in [6.45, 7) is 7.52. The van der Waals surface area contributed by atoms with Crippen molar-refractivity contribution in [2.45, 2.75) is 72.6 Å². The number of hydrogen-bond donors (Lipinski definition) is 1. The summed E-state index contributed by atoms with van der Waals surface area (Å²) in [7, 11) is 0. The maximum Gasteiger partial charge on any atom is 0.300 e. The standard InChI is InChI=1S/C11H20.C2H4O2.C2H6/c1-9-6-7-10-4-2-3-5-11(10)8-9;1-2(3)4;1-2/h9-11H,2-8H2,1H3;1H3,(H,3,4);1-2H3. The summed E-state index contributed by atoms with van der Waals surface area (Å²) >= 11 is 0. The second kappa shape index (κ2) is 9.49. The maximum absolute atomic E-state index is 9.00. The van der Waals surface area contributed by atoms with E-state index in [1.807, 2.05) is 13.8 Å². The molecule has 0 saturated heterocycles. The van der Waals surface area contributed by atoms with Gasteiger partial charge in [-0.2, -0.15) is 0 Å². The molecule has 17 heavy (non-hydrogen) atoms. The van der Waals surface area contributed by atoms with E-state index in [0.29, 0.717) is 0 Å². The Labute approximate surface area is 107 Å². The first-order valence-corrected chi connectivity index (χ1v) is 7.29. The molecule has 3 atom stereocenters. The zero-order chi connectivity index (χ0) is 13.3. The fourth-order valence-corrected chi connectivity index (χ4v) is 3.11. The number of carbonyl (C=O) groups is 1. The number of fused-ring (bicyclic) bond motifs is 1. The summed E-state index contributed by atoms with van der Waals surface area (Å²) in [5.41, 5.74) is 0. The third-order valence-corrected chi connectivity index (χ3v) is 3.80. The minimum Gasteiger partial charge on any atom is -0.481 e. The molecule has 2 fully saturated rings. The Morgan fingerprint density at radius 1 is 1.00 bits per heavy atom. The first-order chi connectivity index (χ1) is 8.09. The molecule has 0 bridgehead atoms. The third kappa shape index (κ3) is 7.40. The van der Waals surface area contributed by atoms with E-state index in [2.05, 4.69) is 6.92 Å². The van der Waals surface area contributed by atoms with E-state index in [4.69, 9.17) is 9.90 Å². The maximum atomic E-state index is 9.00. The first kappa shape index (κ1) is 16.5. The lowest BCUT2D eigenvalue weighted by Gasteiger charge is -2.38. The van der Waals surface area contributed by atoms with Gasteiger partial charge in [0, 0.05) is 6.92 Å². The van der Waals surface area contributed by atoms with Gasteiger partial charge in [-0.15, -0.1) is 0 Å². The first-order valence-electron chi connectivity index (χ1n) is 7.29. The zero-order valence-electron chi connectivity index (χ0n) is 12.0. The molecule has 0 aromatic carbocycles. The molecule has 0 radical (unpaired) electrons. The van der Waals surface area contributed by atoms with E-state index in [-0.39, 0.29) is 0 Å². The predicted molar refractivity (Wildman–Crippen MR) is 73.1 cm³/mol. The number of rotatable bonds is 0. The number of hydrogen-bond acceptors (Lipinski definition) is 1. The van der Waals surface area contributed by atoms with E-state index in [1.165, 1.54) is 19.3 Å². The Kier molecular flexibility index (Phi) is 9.20. The third-order valence-electron chi connectivity index (χ3n) is 3.80. The second-order valence-corrected chi connectivity index (χ2v) is 5.24. The highest BCUT2D eigenvalue weighted by atomic mass is 16.4. The molecule has 1 N–H and O–H groups in total. The van der Waals surface area contributed by atoms with Crippen LogP contribution in [0.3, 0.4) is 0 Å². The predicted octanol–water partition coefficient (Wildman–Crippen LogP) is 4.73. The number of carboxylic acid groups (broad SMARTS) is 1. The van der Waals surface area contributed by atoms with Crippen molar-refractivity contribution in [1.29, 1.82) is 0 Å². The minimum atomic E-state index is -0.833. The van der Waals surface area contributed by atoms with E-state index in [9.17, 15) is 0 Å². The van der Waals surface area contributed by atoms with Crippen LogP contribution in [0.4, 0.5) is 0 Å². The van der Waals surface area contributed by atoms with Crippen molar-refractivity contribution in [1.82, 2.24) is 0 Å². The number of carboxylic acids is 1. The lowest BCUT2D eigenvalue weighted by atomic mass is 9.68. The fourth-order valence-electron chi connectivity index (χ4n) is 3.11. The molecule has 2 heteroatoms. The lowest BCUT2D eigenvalue weighted by Crippen LogP contribution is -2.26.